The van der Waals surface area contributed by atoms with E-state index in [0.717, 1.165) is 35.0 Å². The van der Waals surface area contributed by atoms with Crippen LogP contribution in [0.2, 0.25) is 0 Å². The van der Waals surface area contributed by atoms with Gasteiger partial charge < -0.3 is 15.2 Å². The van der Waals surface area contributed by atoms with Gasteiger partial charge in [0.2, 0.25) is 0 Å². The molecular weight excluding hydrogens is 448 g/mol. The number of hydrogen-bond donors (Lipinski definition) is 3. The number of aromatic carboxylic acids is 1. The van der Waals surface area contributed by atoms with Crippen LogP contribution in [-0.2, 0) is 12.3 Å². The van der Waals surface area contributed by atoms with E-state index in [-0.39, 0.29) is 22.1 Å². The predicted molar refractivity (Wildman–Crippen MR) is 114 cm³/mol. The number of rotatable bonds is 8. The molecule has 1 aromatic heterocycles. The standard InChI is InChI=1S/C20H17F2N3O4S2/c1-29-13-5-2-11(3-6-13)10-30-18-16(19(26)27)17(31-25-18)24-20(28)23-9-12-4-7-14(21)15(22)8-12/h2-8H,9-10H2,1H3,(H,26,27)(H2,23,24,28). The molecule has 0 spiro atoms. The molecule has 2 aromatic carbocycles. The minimum absolute atomic E-state index is 0.0662. The Morgan fingerprint density at radius 3 is 2.48 bits per heavy atom. The van der Waals surface area contributed by atoms with E-state index in [4.69, 9.17) is 4.74 Å². The molecule has 0 unspecified atom stereocenters. The number of carbonyl (C=O) groups is 2. The van der Waals surface area contributed by atoms with Crippen molar-refractivity contribution in [2.24, 2.45) is 0 Å². The van der Waals surface area contributed by atoms with Crippen molar-refractivity contribution >= 4 is 40.3 Å². The minimum atomic E-state index is -1.22. The Morgan fingerprint density at radius 2 is 1.84 bits per heavy atom. The van der Waals surface area contributed by atoms with Gasteiger partial charge in [-0.2, -0.15) is 4.37 Å². The van der Waals surface area contributed by atoms with Gasteiger partial charge in [-0.1, -0.05) is 30.0 Å². The number of aromatic nitrogens is 1. The number of hydrogen-bond acceptors (Lipinski definition) is 6. The number of ether oxygens (including phenoxy) is 1. The summed E-state index contributed by atoms with van der Waals surface area (Å²) in [6.45, 7) is -0.0662. The zero-order valence-corrected chi connectivity index (χ0v) is 17.8. The first kappa shape index (κ1) is 22.5. The lowest BCUT2D eigenvalue weighted by Crippen LogP contribution is -2.28. The zero-order chi connectivity index (χ0) is 22.4. The highest BCUT2D eigenvalue weighted by atomic mass is 32.2. The predicted octanol–water partition coefficient (Wildman–Crippen LogP) is 4.74. The largest absolute Gasteiger partial charge is 0.497 e. The minimum Gasteiger partial charge on any atom is -0.497 e. The molecule has 162 valence electrons. The molecular formula is C20H17F2N3O4S2. The Morgan fingerprint density at radius 1 is 1.13 bits per heavy atom. The van der Waals surface area contributed by atoms with Crippen LogP contribution in [0, 0.1) is 11.6 Å². The molecule has 1 heterocycles. The molecule has 11 heteroatoms. The zero-order valence-electron chi connectivity index (χ0n) is 16.1. The number of benzene rings is 2. The van der Waals surface area contributed by atoms with Crippen LogP contribution in [0.1, 0.15) is 21.5 Å². The maximum Gasteiger partial charge on any atom is 0.341 e. The van der Waals surface area contributed by atoms with Crippen molar-refractivity contribution in [1.29, 1.82) is 0 Å². The molecule has 0 bridgehead atoms. The van der Waals surface area contributed by atoms with Gasteiger partial charge in [-0.05, 0) is 46.9 Å². The van der Waals surface area contributed by atoms with Crippen molar-refractivity contribution in [3.63, 3.8) is 0 Å². The maximum atomic E-state index is 13.2. The Balaban J connectivity index is 1.62. The average Bonchev–Trinajstić information content (AvgIpc) is 3.16. The van der Waals surface area contributed by atoms with Gasteiger partial charge in [0.15, 0.2) is 11.6 Å². The van der Waals surface area contributed by atoms with Gasteiger partial charge in [-0.25, -0.2) is 18.4 Å². The summed E-state index contributed by atoms with van der Waals surface area (Å²) in [6.07, 6.45) is 0. The number of amides is 2. The van der Waals surface area contributed by atoms with Crippen LogP contribution in [0.25, 0.3) is 0 Å². The molecule has 0 saturated carbocycles. The Hall–Kier alpha value is -3.18. The topological polar surface area (TPSA) is 101 Å². The first-order valence-corrected chi connectivity index (χ1v) is 10.6. The van der Waals surface area contributed by atoms with Crippen LogP contribution >= 0.6 is 23.3 Å². The molecule has 0 atom stereocenters. The smallest absolute Gasteiger partial charge is 0.341 e. The first-order chi connectivity index (χ1) is 14.9. The molecule has 0 radical (unpaired) electrons. The number of methoxy groups -OCH3 is 1. The van der Waals surface area contributed by atoms with Gasteiger partial charge in [-0.15, -0.1) is 0 Å². The van der Waals surface area contributed by atoms with Gasteiger partial charge in [0.1, 0.15) is 21.3 Å². The van der Waals surface area contributed by atoms with Gasteiger partial charge >= 0.3 is 12.0 Å². The number of nitrogens with one attached hydrogen (secondary N) is 2. The fraction of sp³-hybridized carbons (Fsp3) is 0.150. The van der Waals surface area contributed by atoms with Crippen molar-refractivity contribution in [3.05, 3.63) is 70.8 Å². The van der Waals surface area contributed by atoms with Crippen LogP contribution in [-0.4, -0.2) is 28.6 Å². The van der Waals surface area contributed by atoms with Crippen LogP contribution in [0.4, 0.5) is 18.6 Å². The molecule has 2 amide bonds. The third-order valence-corrected chi connectivity index (χ3v) is 6.00. The van der Waals surface area contributed by atoms with E-state index in [1.54, 1.807) is 19.2 Å². The quantitative estimate of drug-likeness (QED) is 0.416. The van der Waals surface area contributed by atoms with Crippen LogP contribution < -0.4 is 15.4 Å². The molecule has 3 N–H and O–H groups in total. The van der Waals surface area contributed by atoms with Crippen molar-refractivity contribution in [2.75, 3.05) is 12.4 Å². The van der Waals surface area contributed by atoms with Gasteiger partial charge in [-0.3, -0.25) is 5.32 Å². The Labute approximate surface area is 184 Å². The lowest BCUT2D eigenvalue weighted by atomic mass is 10.2. The number of anilines is 1. The van der Waals surface area contributed by atoms with E-state index >= 15 is 0 Å². The first-order valence-electron chi connectivity index (χ1n) is 8.85. The molecule has 0 aliphatic heterocycles. The number of carbonyl (C=O) groups excluding carboxylic acids is 1. The maximum absolute atomic E-state index is 13.2. The highest BCUT2D eigenvalue weighted by molar-refractivity contribution is 7.98. The molecule has 0 aliphatic carbocycles. The SMILES string of the molecule is COc1ccc(CSc2nsc(NC(=O)NCc3ccc(F)c(F)c3)c2C(=O)O)cc1. The summed E-state index contributed by atoms with van der Waals surface area (Å²) in [5.41, 5.74) is 1.20. The molecule has 0 fully saturated rings. The van der Waals surface area contributed by atoms with E-state index in [9.17, 15) is 23.5 Å². The number of urea groups is 1. The molecule has 0 saturated heterocycles. The number of halogens is 2. The normalized spacial score (nSPS) is 10.5. The van der Waals surface area contributed by atoms with E-state index in [2.05, 4.69) is 15.0 Å². The summed E-state index contributed by atoms with van der Waals surface area (Å²) >= 11 is 2.08. The summed E-state index contributed by atoms with van der Waals surface area (Å²) in [4.78, 5) is 23.9. The van der Waals surface area contributed by atoms with Gasteiger partial charge in [0.05, 0.1) is 7.11 Å². The highest BCUT2D eigenvalue weighted by Crippen LogP contribution is 2.33. The summed E-state index contributed by atoms with van der Waals surface area (Å²) in [7, 11) is 1.57. The fourth-order valence-electron chi connectivity index (χ4n) is 2.50. The summed E-state index contributed by atoms with van der Waals surface area (Å²) < 4.78 is 35.5. The van der Waals surface area contributed by atoms with Crippen molar-refractivity contribution in [1.82, 2.24) is 9.69 Å². The van der Waals surface area contributed by atoms with Crippen LogP contribution in [0.15, 0.2) is 47.5 Å². The van der Waals surface area contributed by atoms with E-state index in [1.807, 2.05) is 12.1 Å². The average molecular weight is 466 g/mol. The van der Waals surface area contributed by atoms with Crippen LogP contribution in [0.5, 0.6) is 5.75 Å². The second kappa shape index (κ2) is 10.2. The molecule has 3 rings (SSSR count). The third kappa shape index (κ3) is 5.92. The van der Waals surface area contributed by atoms with E-state index in [0.29, 0.717) is 11.3 Å². The summed E-state index contributed by atoms with van der Waals surface area (Å²) in [6, 6.07) is 9.91. The lowest BCUT2D eigenvalue weighted by molar-refractivity contribution is 0.0694. The van der Waals surface area contributed by atoms with Crippen molar-refractivity contribution in [2.45, 2.75) is 17.3 Å². The van der Waals surface area contributed by atoms with Crippen molar-refractivity contribution in [3.8, 4) is 5.75 Å². The molecule has 3 aromatic rings. The van der Waals surface area contributed by atoms with Crippen LogP contribution in [0.3, 0.4) is 0 Å². The highest BCUT2D eigenvalue weighted by Gasteiger charge is 2.22. The number of thioether (sulfide) groups is 1. The van der Waals surface area contributed by atoms with Crippen molar-refractivity contribution < 1.29 is 28.2 Å². The fourth-order valence-corrected chi connectivity index (χ4v) is 4.40. The Kier molecular flexibility index (Phi) is 7.42. The van der Waals surface area contributed by atoms with Gasteiger partial charge in [0, 0.05) is 12.3 Å². The number of nitrogens with zero attached hydrogens (tertiary/aromatic N) is 1. The van der Waals surface area contributed by atoms with E-state index in [1.165, 1.54) is 17.8 Å². The number of carboxylic acids is 1. The monoisotopic (exact) mass is 465 g/mol. The lowest BCUT2D eigenvalue weighted by Gasteiger charge is -2.07. The van der Waals surface area contributed by atoms with E-state index < -0.39 is 23.6 Å². The second-order valence-electron chi connectivity index (χ2n) is 6.19. The third-order valence-electron chi connectivity index (χ3n) is 4.07. The molecule has 7 nitrogen and oxygen atoms in total. The second-order valence-corrected chi connectivity index (χ2v) is 7.93. The molecule has 0 aliphatic rings. The summed E-state index contributed by atoms with van der Waals surface area (Å²) in [5, 5.41) is 14.8. The number of carboxylic acid groups (broad SMARTS) is 1. The van der Waals surface area contributed by atoms with Gasteiger partial charge in [0.25, 0.3) is 0 Å². The Bertz CT molecular complexity index is 1090. The summed E-state index contributed by atoms with van der Waals surface area (Å²) in [5.74, 6) is -2.02. The molecule has 31 heavy (non-hydrogen) atoms.